The molecule has 0 aromatic heterocycles. The highest BCUT2D eigenvalue weighted by Crippen LogP contribution is 2.55. The highest BCUT2D eigenvalue weighted by atomic mass is 16.7. The maximum absolute atomic E-state index is 14.4. The molecule has 2 unspecified atom stereocenters. The van der Waals surface area contributed by atoms with Gasteiger partial charge in [-0.05, 0) is 27.0 Å². The van der Waals surface area contributed by atoms with Crippen LogP contribution in [0.15, 0.2) is 36.1 Å². The van der Waals surface area contributed by atoms with Crippen LogP contribution in [0.3, 0.4) is 0 Å². The Morgan fingerprint density at radius 2 is 1.59 bits per heavy atom. The number of aliphatic hydroxyl groups excluding tert-OH is 2. The number of piperazine rings is 1. The van der Waals surface area contributed by atoms with Crippen LogP contribution in [-0.4, -0.2) is 124 Å². The Morgan fingerprint density at radius 1 is 0.931 bits per heavy atom. The fourth-order valence-electron chi connectivity index (χ4n) is 8.17. The van der Waals surface area contributed by atoms with Crippen molar-refractivity contribution in [3.05, 3.63) is 52.8 Å². The molecule has 1 fully saturated rings. The predicted molar refractivity (Wildman–Crippen MR) is 217 cm³/mol. The number of anilines is 1. The maximum Gasteiger partial charge on any atom is 0.312 e. The van der Waals surface area contributed by atoms with Crippen molar-refractivity contribution in [2.45, 2.75) is 92.1 Å². The third-order valence-electron chi connectivity index (χ3n) is 12.1. The number of ether oxygens (including phenoxy) is 4. The van der Waals surface area contributed by atoms with E-state index in [4.69, 9.17) is 18.9 Å². The molecule has 4 aliphatic rings. The largest absolute Gasteiger partial charge is 0.507 e. The Kier molecular flexibility index (Phi) is 13.5. The Morgan fingerprint density at radius 3 is 2.21 bits per heavy atom. The molecule has 15 nitrogen and oxygen atoms in total. The van der Waals surface area contributed by atoms with Gasteiger partial charge in [0, 0.05) is 99.4 Å². The first-order valence-corrected chi connectivity index (χ1v) is 19.7. The van der Waals surface area contributed by atoms with Gasteiger partial charge >= 0.3 is 11.8 Å². The zero-order chi connectivity index (χ0) is 43.0. The second-order valence-electron chi connectivity index (χ2n) is 16.3. The van der Waals surface area contributed by atoms with Crippen molar-refractivity contribution >= 4 is 34.1 Å². The summed E-state index contributed by atoms with van der Waals surface area (Å²) in [5.41, 5.74) is 0.176. The average Bonchev–Trinajstić information content (AvgIpc) is 3.45. The van der Waals surface area contributed by atoms with Gasteiger partial charge in [-0.25, -0.2) is 0 Å². The lowest BCUT2D eigenvalue weighted by atomic mass is 9.78. The van der Waals surface area contributed by atoms with Crippen molar-refractivity contribution < 1.29 is 58.9 Å². The molecule has 2 aromatic carbocycles. The summed E-state index contributed by atoms with van der Waals surface area (Å²) in [5, 5.41) is 60.9. The minimum absolute atomic E-state index is 0.0565. The summed E-state index contributed by atoms with van der Waals surface area (Å²) in [4.78, 5) is 44.7. The normalized spacial score (nSPS) is 30.6. The van der Waals surface area contributed by atoms with Crippen molar-refractivity contribution in [3.8, 4) is 23.0 Å². The molecule has 318 valence electrons. The average molecular weight is 810 g/mol. The maximum atomic E-state index is 14.4. The van der Waals surface area contributed by atoms with E-state index in [1.54, 1.807) is 46.8 Å². The number of nitrogens with zero attached hydrogens (tertiary/aromatic N) is 2. The number of hydrogen-bond acceptors (Lipinski definition) is 14. The molecule has 0 radical (unpaired) electrons. The summed E-state index contributed by atoms with van der Waals surface area (Å²) in [6, 6.07) is 0. The number of phenolic OH excluding ortho intramolecular Hbond substituents is 3. The Labute approximate surface area is 339 Å². The van der Waals surface area contributed by atoms with Crippen LogP contribution in [-0.2, 0) is 30.3 Å². The monoisotopic (exact) mass is 809 g/mol. The van der Waals surface area contributed by atoms with E-state index >= 15 is 0 Å². The lowest BCUT2D eigenvalue weighted by Crippen LogP contribution is -2.46. The lowest BCUT2D eigenvalue weighted by Gasteiger charge is -2.38. The van der Waals surface area contributed by atoms with Gasteiger partial charge in [-0.15, -0.1) is 0 Å². The molecule has 4 aliphatic heterocycles. The number of likely N-dealkylation sites (N-methyl/N-ethyl adjacent to an activating group) is 1. The van der Waals surface area contributed by atoms with Crippen molar-refractivity contribution in [1.29, 1.82) is 0 Å². The first kappa shape index (κ1) is 44.4. The van der Waals surface area contributed by atoms with Gasteiger partial charge in [0.25, 0.3) is 11.7 Å². The molecule has 4 heterocycles. The van der Waals surface area contributed by atoms with E-state index in [0.717, 1.165) is 13.1 Å². The molecule has 6 rings (SSSR count). The first-order chi connectivity index (χ1) is 27.2. The molecule has 15 heteroatoms. The van der Waals surface area contributed by atoms with Crippen LogP contribution in [0.1, 0.15) is 70.0 Å². The minimum atomic E-state index is -2.01. The third kappa shape index (κ3) is 8.55. The molecule has 5 bridgehead atoms. The molecule has 9 atom stereocenters. The SMILES string of the molecule is CO[C@H]1C=CO[C@@]2(C)Oc3c(C)c(O)c4c(O)c(c(CN5CCN(C)CC5)c(O)c4c3C2=O)NC(=O)C(C)=CC=C[C@H](C)[C@@H](O)C(C)[C@@H](O)C(C)[C@@H](OC(C)=O)[C@@H]1C. The fraction of sp³-hybridized carbons (Fsp3) is 0.558. The van der Waals surface area contributed by atoms with Gasteiger partial charge in [0.15, 0.2) is 5.75 Å². The van der Waals surface area contributed by atoms with Gasteiger partial charge in [-0.3, -0.25) is 19.3 Å². The summed E-state index contributed by atoms with van der Waals surface area (Å²) in [7, 11) is 3.44. The molecule has 2 aromatic rings. The number of rotatable bonds is 4. The number of ketones is 1. The van der Waals surface area contributed by atoms with Crippen molar-refractivity contribution in [1.82, 2.24) is 9.80 Å². The van der Waals surface area contributed by atoms with Crippen LogP contribution in [0, 0.1) is 30.6 Å². The number of esters is 1. The smallest absolute Gasteiger partial charge is 0.312 e. The Balaban J connectivity index is 1.70. The number of aromatic hydroxyl groups is 3. The Hall–Kier alpha value is -4.67. The summed E-state index contributed by atoms with van der Waals surface area (Å²) in [6.45, 7) is 15.4. The summed E-state index contributed by atoms with van der Waals surface area (Å²) in [5.74, 6) is -7.86. The number of hydrogen-bond donors (Lipinski definition) is 6. The van der Waals surface area contributed by atoms with Crippen LogP contribution in [0.2, 0.25) is 0 Å². The van der Waals surface area contributed by atoms with Crippen molar-refractivity contribution in [2.24, 2.45) is 23.7 Å². The van der Waals surface area contributed by atoms with Crippen molar-refractivity contribution in [2.75, 3.05) is 45.7 Å². The number of carbonyl (C=O) groups excluding carboxylic acids is 3. The van der Waals surface area contributed by atoms with Crippen LogP contribution >= 0.6 is 0 Å². The predicted octanol–water partition coefficient (Wildman–Crippen LogP) is 4.50. The first-order valence-electron chi connectivity index (χ1n) is 19.7. The second kappa shape index (κ2) is 17.7. The third-order valence-corrected chi connectivity index (χ3v) is 12.1. The lowest BCUT2D eigenvalue weighted by molar-refractivity contribution is -0.160. The van der Waals surface area contributed by atoms with Gasteiger partial charge in [0.05, 0.1) is 41.2 Å². The molecular weight excluding hydrogens is 750 g/mol. The van der Waals surface area contributed by atoms with Crippen LogP contribution in [0.25, 0.3) is 10.8 Å². The van der Waals surface area contributed by atoms with Gasteiger partial charge in [-0.2, -0.15) is 0 Å². The van der Waals surface area contributed by atoms with E-state index in [9.17, 15) is 39.9 Å². The van der Waals surface area contributed by atoms with Crippen LogP contribution in [0.4, 0.5) is 5.69 Å². The molecule has 1 saturated heterocycles. The zero-order valence-electron chi connectivity index (χ0n) is 35.0. The number of nitrogens with one attached hydrogen (secondary N) is 1. The number of amides is 1. The number of carbonyl (C=O) groups is 3. The van der Waals surface area contributed by atoms with E-state index in [1.165, 1.54) is 46.3 Å². The quantitative estimate of drug-likeness (QED) is 0.143. The molecule has 6 N–H and O–H groups in total. The molecule has 58 heavy (non-hydrogen) atoms. The number of benzene rings is 2. The van der Waals surface area contributed by atoms with Crippen LogP contribution in [0.5, 0.6) is 23.0 Å². The van der Waals surface area contributed by atoms with Gasteiger partial charge in [0.1, 0.15) is 23.4 Å². The number of methoxy groups -OCH3 is 1. The number of allylic oxidation sites excluding steroid dienone is 2. The van der Waals surface area contributed by atoms with Gasteiger partial charge in [0.2, 0.25) is 0 Å². The van der Waals surface area contributed by atoms with Crippen molar-refractivity contribution in [3.63, 3.8) is 0 Å². The highest BCUT2D eigenvalue weighted by Gasteiger charge is 2.50. The molecule has 0 saturated carbocycles. The molecule has 0 aliphatic carbocycles. The van der Waals surface area contributed by atoms with Gasteiger partial charge < -0.3 is 54.7 Å². The number of Topliss-reactive ketones (excluding diaryl/α,β-unsaturated/α-hetero) is 1. The topological polar surface area (TPSA) is 208 Å². The standard InChI is InChI=1S/C43H59N3O12/c1-21-12-11-13-22(2)42(54)44-33-28(20-46-17-15-45(9)16-18-46)37(51)30-31(38(33)52)36(50)26(6)40-32(30)41(53)43(8,58-40)56-19-14-29(55-10)23(3)39(57-27(7)47)25(5)35(49)24(4)34(21)48/h11-14,19,21,23-25,29,34-35,39,48-52H,15-18,20H2,1-10H3,(H,44,54)/t21-,23+,24?,25?,29-,34+,35+,39-,43-/m0/s1. The second-order valence-corrected chi connectivity index (χ2v) is 16.3. The molecular formula is C43H59N3O12. The summed E-state index contributed by atoms with van der Waals surface area (Å²) >= 11 is 0. The van der Waals surface area contributed by atoms with E-state index in [1.807, 2.05) is 11.9 Å². The van der Waals surface area contributed by atoms with E-state index in [2.05, 4.69) is 10.2 Å². The molecule has 0 spiro atoms. The number of aliphatic hydroxyl groups is 2. The number of fused-ring (bicyclic) bond motifs is 14. The fourth-order valence-corrected chi connectivity index (χ4v) is 8.17. The summed E-state index contributed by atoms with van der Waals surface area (Å²) < 4.78 is 23.7. The molecule has 1 amide bonds. The minimum Gasteiger partial charge on any atom is -0.507 e. The van der Waals surface area contributed by atoms with Crippen LogP contribution < -0.4 is 10.1 Å². The number of phenols is 3. The highest BCUT2D eigenvalue weighted by molar-refractivity contribution is 6.22. The van der Waals surface area contributed by atoms with Gasteiger partial charge in [-0.1, -0.05) is 45.9 Å². The van der Waals surface area contributed by atoms with E-state index in [0.29, 0.717) is 13.1 Å². The zero-order valence-corrected chi connectivity index (χ0v) is 35.0. The van der Waals surface area contributed by atoms with E-state index < -0.39 is 88.8 Å². The summed E-state index contributed by atoms with van der Waals surface area (Å²) in [6.07, 6.45) is 3.73. The Bertz CT molecular complexity index is 2000. The van der Waals surface area contributed by atoms with E-state index in [-0.39, 0.29) is 51.0 Å².